The van der Waals surface area contributed by atoms with Crippen LogP contribution in [0, 0.1) is 6.92 Å². The molecule has 0 amide bonds. The molecule has 1 heterocycles. The topological polar surface area (TPSA) is 21.3 Å². The van der Waals surface area contributed by atoms with E-state index in [1.54, 1.807) is 0 Å². The molecule has 0 radical (unpaired) electrons. The molecule has 0 saturated carbocycles. The first kappa shape index (κ1) is 19.6. The van der Waals surface area contributed by atoms with E-state index in [0.29, 0.717) is 5.92 Å². The Bertz CT molecular complexity index is 987. The second kappa shape index (κ2) is 7.59. The van der Waals surface area contributed by atoms with Gasteiger partial charge in [-0.1, -0.05) is 74.5 Å². The lowest BCUT2D eigenvalue weighted by molar-refractivity contribution is 0.123. The van der Waals surface area contributed by atoms with Crippen molar-refractivity contribution in [3.63, 3.8) is 0 Å². The molecule has 0 aromatic heterocycles. The maximum atomic E-state index is 6.55. The van der Waals surface area contributed by atoms with Crippen LogP contribution in [0.3, 0.4) is 0 Å². The summed E-state index contributed by atoms with van der Waals surface area (Å²) in [6.45, 7) is 11.8. The van der Waals surface area contributed by atoms with E-state index in [4.69, 9.17) is 4.74 Å². The van der Waals surface area contributed by atoms with Gasteiger partial charge in [-0.25, -0.2) is 0 Å². The number of fused-ring (bicyclic) bond motifs is 1. The first-order valence-corrected chi connectivity index (χ1v) is 10.6. The van der Waals surface area contributed by atoms with Crippen molar-refractivity contribution in [1.82, 2.24) is 0 Å². The molecule has 1 aliphatic rings. The molecule has 1 unspecified atom stereocenters. The van der Waals surface area contributed by atoms with Gasteiger partial charge >= 0.3 is 0 Å². The Morgan fingerprint density at radius 3 is 2.31 bits per heavy atom. The number of anilines is 1. The number of hydrogen-bond acceptors (Lipinski definition) is 2. The summed E-state index contributed by atoms with van der Waals surface area (Å²) in [7, 11) is 0. The van der Waals surface area contributed by atoms with Crippen LogP contribution < -0.4 is 10.1 Å². The highest BCUT2D eigenvalue weighted by Gasteiger charge is 2.43. The van der Waals surface area contributed by atoms with Gasteiger partial charge in [0.2, 0.25) is 0 Å². The van der Waals surface area contributed by atoms with Gasteiger partial charge in [-0.15, -0.1) is 0 Å². The van der Waals surface area contributed by atoms with Crippen molar-refractivity contribution in [3.8, 4) is 5.75 Å². The zero-order chi connectivity index (χ0) is 20.6. The molecule has 29 heavy (non-hydrogen) atoms. The molecule has 3 aromatic rings. The van der Waals surface area contributed by atoms with Gasteiger partial charge in [0.25, 0.3) is 0 Å². The van der Waals surface area contributed by atoms with Crippen LogP contribution in [-0.4, -0.2) is 5.60 Å². The van der Waals surface area contributed by atoms with Crippen molar-refractivity contribution in [1.29, 1.82) is 0 Å². The van der Waals surface area contributed by atoms with Crippen molar-refractivity contribution >= 4 is 5.69 Å². The summed E-state index contributed by atoms with van der Waals surface area (Å²) in [4.78, 5) is 0. The summed E-state index contributed by atoms with van der Waals surface area (Å²) in [6, 6.07) is 24.1. The van der Waals surface area contributed by atoms with Gasteiger partial charge in [-0.3, -0.25) is 0 Å². The van der Waals surface area contributed by atoms with Gasteiger partial charge in [-0.05, 0) is 55.0 Å². The molecule has 0 saturated heterocycles. The number of benzene rings is 3. The van der Waals surface area contributed by atoms with Crippen molar-refractivity contribution in [3.05, 3.63) is 94.5 Å². The smallest absolute Gasteiger partial charge is 0.147 e. The monoisotopic (exact) mass is 385 g/mol. The summed E-state index contributed by atoms with van der Waals surface area (Å²) in [5.41, 5.74) is 7.28. The highest BCUT2D eigenvalue weighted by atomic mass is 16.5. The SMILES string of the molecule is Cc1cc(NCc2ccccc2)c2c(c1)C(c1ccc(C(C)C)cc1)C(C)(C)O2. The molecule has 1 N–H and O–H groups in total. The van der Waals surface area contributed by atoms with E-state index in [0.717, 1.165) is 18.0 Å². The summed E-state index contributed by atoms with van der Waals surface area (Å²) >= 11 is 0. The number of rotatable bonds is 5. The van der Waals surface area contributed by atoms with Crippen LogP contribution in [-0.2, 0) is 6.54 Å². The molecule has 3 aromatic carbocycles. The highest BCUT2D eigenvalue weighted by molar-refractivity contribution is 5.67. The van der Waals surface area contributed by atoms with Crippen molar-refractivity contribution in [2.24, 2.45) is 0 Å². The second-order valence-corrected chi connectivity index (χ2v) is 9.03. The van der Waals surface area contributed by atoms with Gasteiger partial charge in [-0.2, -0.15) is 0 Å². The van der Waals surface area contributed by atoms with Crippen LogP contribution >= 0.6 is 0 Å². The zero-order valence-electron chi connectivity index (χ0n) is 18.1. The van der Waals surface area contributed by atoms with E-state index in [1.807, 2.05) is 0 Å². The maximum absolute atomic E-state index is 6.55. The summed E-state index contributed by atoms with van der Waals surface area (Å²) in [5.74, 6) is 1.76. The lowest BCUT2D eigenvalue weighted by Crippen LogP contribution is -2.31. The van der Waals surface area contributed by atoms with E-state index in [2.05, 4.69) is 107 Å². The third kappa shape index (κ3) is 3.89. The predicted molar refractivity (Wildman–Crippen MR) is 122 cm³/mol. The van der Waals surface area contributed by atoms with Crippen molar-refractivity contribution in [2.45, 2.75) is 58.6 Å². The number of hydrogen-bond donors (Lipinski definition) is 1. The maximum Gasteiger partial charge on any atom is 0.147 e. The van der Waals surface area contributed by atoms with E-state index in [-0.39, 0.29) is 11.5 Å². The first-order chi connectivity index (χ1) is 13.8. The molecule has 2 heteroatoms. The Balaban J connectivity index is 1.70. The fourth-order valence-corrected chi connectivity index (χ4v) is 4.40. The molecule has 4 rings (SSSR count). The Hall–Kier alpha value is -2.74. The lowest BCUT2D eigenvalue weighted by atomic mass is 9.80. The summed E-state index contributed by atoms with van der Waals surface area (Å²) in [6.07, 6.45) is 0. The third-order valence-corrected chi connectivity index (χ3v) is 5.90. The Labute approximate surface area is 174 Å². The molecule has 1 aliphatic heterocycles. The van der Waals surface area contributed by atoms with Gasteiger partial charge < -0.3 is 10.1 Å². The molecule has 0 aliphatic carbocycles. The molecule has 0 fully saturated rings. The van der Waals surface area contributed by atoms with Gasteiger partial charge in [0.15, 0.2) is 0 Å². The predicted octanol–water partition coefficient (Wildman–Crippen LogP) is 7.03. The molecule has 2 nitrogen and oxygen atoms in total. The minimum absolute atomic E-state index is 0.218. The molecule has 0 spiro atoms. The molecular weight excluding hydrogens is 354 g/mol. The van der Waals surface area contributed by atoms with Crippen LogP contribution in [0.5, 0.6) is 5.75 Å². The molecule has 0 bridgehead atoms. The fraction of sp³-hybridized carbons (Fsp3) is 0.333. The van der Waals surface area contributed by atoms with Crippen LogP contribution in [0.1, 0.15) is 67.3 Å². The van der Waals surface area contributed by atoms with Gasteiger partial charge in [0.1, 0.15) is 11.4 Å². The van der Waals surface area contributed by atoms with E-state index in [1.165, 1.54) is 27.8 Å². The fourth-order valence-electron chi connectivity index (χ4n) is 4.40. The van der Waals surface area contributed by atoms with Gasteiger partial charge in [0.05, 0.1) is 11.6 Å². The number of nitrogens with one attached hydrogen (secondary N) is 1. The standard InChI is InChI=1S/C27H31NO/c1-18(2)21-11-13-22(14-12-21)25-23-15-19(3)16-24(26(23)29-27(25,4)5)28-17-20-9-7-6-8-10-20/h6-16,18,25,28H,17H2,1-5H3. The minimum atomic E-state index is -0.293. The third-order valence-electron chi connectivity index (χ3n) is 5.90. The van der Waals surface area contributed by atoms with Crippen LogP contribution in [0.15, 0.2) is 66.7 Å². The first-order valence-electron chi connectivity index (χ1n) is 10.6. The Morgan fingerprint density at radius 2 is 1.66 bits per heavy atom. The average molecular weight is 386 g/mol. The van der Waals surface area contributed by atoms with Crippen LogP contribution in [0.25, 0.3) is 0 Å². The normalized spacial score (nSPS) is 17.1. The second-order valence-electron chi connectivity index (χ2n) is 9.03. The quantitative estimate of drug-likeness (QED) is 0.509. The lowest BCUT2D eigenvalue weighted by Gasteiger charge is -2.27. The van der Waals surface area contributed by atoms with E-state index in [9.17, 15) is 0 Å². The summed E-state index contributed by atoms with van der Waals surface area (Å²) < 4.78 is 6.55. The minimum Gasteiger partial charge on any atom is -0.484 e. The van der Waals surface area contributed by atoms with E-state index < -0.39 is 0 Å². The van der Waals surface area contributed by atoms with Crippen LogP contribution in [0.2, 0.25) is 0 Å². The molecule has 150 valence electrons. The van der Waals surface area contributed by atoms with Gasteiger partial charge in [0, 0.05) is 12.1 Å². The summed E-state index contributed by atoms with van der Waals surface area (Å²) in [5, 5.41) is 3.61. The molecular formula is C27H31NO. The average Bonchev–Trinajstić information content (AvgIpc) is 2.97. The molecule has 1 atom stereocenters. The highest BCUT2D eigenvalue weighted by Crippen LogP contribution is 2.51. The largest absolute Gasteiger partial charge is 0.484 e. The number of aryl methyl sites for hydroxylation is 1. The van der Waals surface area contributed by atoms with E-state index >= 15 is 0 Å². The zero-order valence-corrected chi connectivity index (χ0v) is 18.1. The van der Waals surface area contributed by atoms with Crippen molar-refractivity contribution < 1.29 is 4.74 Å². The Kier molecular flexibility index (Phi) is 5.12. The Morgan fingerprint density at radius 1 is 0.966 bits per heavy atom. The van der Waals surface area contributed by atoms with Crippen LogP contribution in [0.4, 0.5) is 5.69 Å². The number of ether oxygens (including phenoxy) is 1. The van der Waals surface area contributed by atoms with Crippen molar-refractivity contribution in [2.75, 3.05) is 5.32 Å².